The third-order valence-electron chi connectivity index (χ3n) is 5.67. The Morgan fingerprint density at radius 3 is 2.22 bits per heavy atom. The van der Waals surface area contributed by atoms with E-state index in [4.69, 9.17) is 5.21 Å². The maximum absolute atomic E-state index is 12.3. The molecule has 2 aromatic carbocycles. The molecule has 1 saturated heterocycles. The SMILES string of the molecule is C.C[C@@H](O)[C@H](NC(=O)c1ccc(C#Cc2ccc(NC(=O)CNC[C@H]3CCCN3)cc2)cc1)C(=O)NO. The Kier molecular flexibility index (Phi) is 11.7. The lowest BCUT2D eigenvalue weighted by Gasteiger charge is -2.19. The second kappa shape index (κ2) is 14.7. The van der Waals surface area contributed by atoms with E-state index in [2.05, 4.69) is 33.1 Å². The van der Waals surface area contributed by atoms with Gasteiger partial charge in [-0.2, -0.15) is 0 Å². The Labute approximate surface area is 217 Å². The zero-order chi connectivity index (χ0) is 25.9. The van der Waals surface area contributed by atoms with Gasteiger partial charge in [0.1, 0.15) is 6.04 Å². The highest BCUT2D eigenvalue weighted by Gasteiger charge is 2.25. The lowest BCUT2D eigenvalue weighted by molar-refractivity contribution is -0.133. The highest BCUT2D eigenvalue weighted by molar-refractivity contribution is 5.97. The molecule has 0 unspecified atom stereocenters. The van der Waals surface area contributed by atoms with Crippen LogP contribution in [0.15, 0.2) is 48.5 Å². The predicted octanol–water partition coefficient (Wildman–Crippen LogP) is 0.987. The van der Waals surface area contributed by atoms with E-state index in [9.17, 15) is 19.5 Å². The molecule has 0 aliphatic carbocycles. The van der Waals surface area contributed by atoms with Crippen LogP contribution in [0, 0.1) is 11.8 Å². The summed E-state index contributed by atoms with van der Waals surface area (Å²) in [5, 5.41) is 30.2. The Bertz CT molecular complexity index is 1100. The van der Waals surface area contributed by atoms with Gasteiger partial charge in [-0.1, -0.05) is 19.3 Å². The Balaban J connectivity index is 0.00000481. The Morgan fingerprint density at radius 2 is 1.68 bits per heavy atom. The maximum Gasteiger partial charge on any atom is 0.268 e. The number of aliphatic hydroxyl groups excluding tert-OH is 1. The smallest absolute Gasteiger partial charge is 0.268 e. The van der Waals surface area contributed by atoms with Crippen molar-refractivity contribution in [1.29, 1.82) is 0 Å². The molecule has 2 aromatic rings. The van der Waals surface area contributed by atoms with E-state index >= 15 is 0 Å². The number of amides is 3. The molecule has 1 fully saturated rings. The fraction of sp³-hybridized carbons (Fsp3) is 0.370. The quantitative estimate of drug-likeness (QED) is 0.151. The van der Waals surface area contributed by atoms with Crippen molar-refractivity contribution in [2.75, 3.05) is 25.0 Å². The minimum Gasteiger partial charge on any atom is -0.391 e. The molecule has 3 rings (SSSR count). The molecule has 0 radical (unpaired) electrons. The number of benzene rings is 2. The minimum atomic E-state index is -1.29. The molecule has 10 nitrogen and oxygen atoms in total. The van der Waals surface area contributed by atoms with Crippen molar-refractivity contribution in [3.05, 3.63) is 65.2 Å². The molecule has 1 aliphatic rings. The summed E-state index contributed by atoms with van der Waals surface area (Å²) < 4.78 is 0. The second-order valence-corrected chi connectivity index (χ2v) is 8.54. The van der Waals surface area contributed by atoms with Crippen molar-refractivity contribution < 1.29 is 24.7 Å². The van der Waals surface area contributed by atoms with Crippen molar-refractivity contribution >= 4 is 23.4 Å². The molecule has 1 heterocycles. The molecular formula is C27H35N5O5. The third kappa shape index (κ3) is 9.33. The molecule has 3 amide bonds. The van der Waals surface area contributed by atoms with Gasteiger partial charge >= 0.3 is 0 Å². The first-order valence-electron chi connectivity index (χ1n) is 11.7. The van der Waals surface area contributed by atoms with Crippen molar-refractivity contribution in [3.8, 4) is 11.8 Å². The summed E-state index contributed by atoms with van der Waals surface area (Å²) in [6, 6.07) is 12.7. The first-order valence-corrected chi connectivity index (χ1v) is 11.7. The first kappa shape index (κ1) is 29.5. The molecule has 0 spiro atoms. The predicted molar refractivity (Wildman–Crippen MR) is 141 cm³/mol. The van der Waals surface area contributed by atoms with E-state index in [0.717, 1.165) is 25.1 Å². The van der Waals surface area contributed by atoms with Crippen LogP contribution in [0.5, 0.6) is 0 Å². The monoisotopic (exact) mass is 509 g/mol. The molecule has 37 heavy (non-hydrogen) atoms. The van der Waals surface area contributed by atoms with E-state index in [-0.39, 0.29) is 25.4 Å². The molecular weight excluding hydrogens is 474 g/mol. The van der Waals surface area contributed by atoms with Gasteiger partial charge in [-0.25, -0.2) is 5.48 Å². The number of rotatable bonds is 9. The molecule has 0 aromatic heterocycles. The van der Waals surface area contributed by atoms with Crippen LogP contribution in [-0.2, 0) is 9.59 Å². The molecule has 10 heteroatoms. The van der Waals surface area contributed by atoms with Gasteiger partial charge in [-0.05, 0) is 74.8 Å². The number of hydroxylamine groups is 1. The normalized spacial score (nSPS) is 15.8. The molecule has 0 bridgehead atoms. The number of hydrogen-bond acceptors (Lipinski definition) is 7. The largest absolute Gasteiger partial charge is 0.391 e. The zero-order valence-corrected chi connectivity index (χ0v) is 20.0. The van der Waals surface area contributed by atoms with Crippen LogP contribution in [0.2, 0.25) is 0 Å². The standard InChI is InChI=1S/C26H31N5O5.CH4/c1-17(32)24(26(35)31-36)30-25(34)20-10-6-18(7-11-20)4-5-19-8-12-21(13-9-19)29-23(33)16-27-15-22-3-2-14-28-22;/h6-13,17,22,24,27-28,32,36H,2-3,14-16H2,1H3,(H,29,33)(H,30,34)(H,31,35);1H4/t17-,22-,24+;/m1./s1. The number of carbonyl (C=O) groups excluding carboxylic acids is 3. The van der Waals surface area contributed by atoms with Crippen molar-refractivity contribution in [1.82, 2.24) is 21.4 Å². The lowest BCUT2D eigenvalue weighted by atomic mass is 10.1. The lowest BCUT2D eigenvalue weighted by Crippen LogP contribution is -2.51. The Morgan fingerprint density at radius 1 is 1.05 bits per heavy atom. The van der Waals surface area contributed by atoms with Gasteiger partial charge in [-0.15, -0.1) is 0 Å². The molecule has 198 valence electrons. The van der Waals surface area contributed by atoms with Gasteiger partial charge in [0.2, 0.25) is 5.91 Å². The summed E-state index contributed by atoms with van der Waals surface area (Å²) >= 11 is 0. The van der Waals surface area contributed by atoms with Crippen LogP contribution in [0.25, 0.3) is 0 Å². The van der Waals surface area contributed by atoms with E-state index in [1.54, 1.807) is 36.4 Å². The molecule has 3 atom stereocenters. The second-order valence-electron chi connectivity index (χ2n) is 8.54. The summed E-state index contributed by atoms with van der Waals surface area (Å²) in [6.07, 6.45) is 1.11. The third-order valence-corrected chi connectivity index (χ3v) is 5.67. The van der Waals surface area contributed by atoms with E-state index < -0.39 is 24.0 Å². The van der Waals surface area contributed by atoms with E-state index in [1.807, 2.05) is 12.1 Å². The van der Waals surface area contributed by atoms with Crippen LogP contribution < -0.4 is 26.7 Å². The minimum absolute atomic E-state index is 0. The highest BCUT2D eigenvalue weighted by Crippen LogP contribution is 2.10. The summed E-state index contributed by atoms with van der Waals surface area (Å²) in [4.78, 5) is 36.0. The number of anilines is 1. The van der Waals surface area contributed by atoms with Gasteiger partial charge < -0.3 is 26.4 Å². The average molecular weight is 510 g/mol. The topological polar surface area (TPSA) is 152 Å². The average Bonchev–Trinajstić information content (AvgIpc) is 3.40. The fourth-order valence-corrected chi connectivity index (χ4v) is 3.68. The summed E-state index contributed by atoms with van der Waals surface area (Å²) in [5.41, 5.74) is 3.81. The van der Waals surface area contributed by atoms with Gasteiger partial charge in [-0.3, -0.25) is 19.6 Å². The highest BCUT2D eigenvalue weighted by atomic mass is 16.5. The van der Waals surface area contributed by atoms with Gasteiger partial charge in [0.15, 0.2) is 0 Å². The summed E-state index contributed by atoms with van der Waals surface area (Å²) in [7, 11) is 0. The fourth-order valence-electron chi connectivity index (χ4n) is 3.68. The van der Waals surface area contributed by atoms with Crippen molar-refractivity contribution in [3.63, 3.8) is 0 Å². The van der Waals surface area contributed by atoms with E-state index in [1.165, 1.54) is 18.8 Å². The maximum atomic E-state index is 12.3. The van der Waals surface area contributed by atoms with Crippen molar-refractivity contribution in [2.24, 2.45) is 0 Å². The van der Waals surface area contributed by atoms with Gasteiger partial charge in [0, 0.05) is 35.0 Å². The van der Waals surface area contributed by atoms with Crippen LogP contribution in [0.3, 0.4) is 0 Å². The summed E-state index contributed by atoms with van der Waals surface area (Å²) in [6.45, 7) is 3.39. The van der Waals surface area contributed by atoms with Crippen LogP contribution in [-0.4, -0.2) is 65.9 Å². The van der Waals surface area contributed by atoms with Gasteiger partial charge in [0.05, 0.1) is 12.6 Å². The number of nitrogens with one attached hydrogen (secondary N) is 5. The first-order chi connectivity index (χ1) is 17.4. The zero-order valence-electron chi connectivity index (χ0n) is 20.0. The number of hydrogen-bond donors (Lipinski definition) is 7. The van der Waals surface area contributed by atoms with E-state index in [0.29, 0.717) is 17.3 Å². The van der Waals surface area contributed by atoms with Crippen molar-refractivity contribution in [2.45, 2.75) is 45.4 Å². The van der Waals surface area contributed by atoms with Crippen LogP contribution in [0.1, 0.15) is 48.7 Å². The Hall–Kier alpha value is -3.75. The number of aliphatic hydroxyl groups is 1. The van der Waals surface area contributed by atoms with Gasteiger partial charge in [0.25, 0.3) is 11.8 Å². The summed E-state index contributed by atoms with van der Waals surface area (Å²) in [5.74, 6) is 4.44. The molecule has 0 saturated carbocycles. The molecule has 7 N–H and O–H groups in total. The van der Waals surface area contributed by atoms with Crippen LogP contribution in [0.4, 0.5) is 5.69 Å². The number of carbonyl (C=O) groups is 3. The molecule has 1 aliphatic heterocycles. The van der Waals surface area contributed by atoms with Crippen LogP contribution >= 0.6 is 0 Å².